The van der Waals surface area contributed by atoms with Gasteiger partial charge < -0.3 is 4.42 Å². The molecule has 0 saturated carbocycles. The molecule has 0 saturated heterocycles. The van der Waals surface area contributed by atoms with E-state index >= 15 is 0 Å². The third kappa shape index (κ3) is 2.55. The van der Waals surface area contributed by atoms with E-state index in [0.29, 0.717) is 37.2 Å². The predicted octanol–water partition coefficient (Wildman–Crippen LogP) is 5.73. The van der Waals surface area contributed by atoms with Crippen molar-refractivity contribution in [1.82, 2.24) is 0 Å². The lowest BCUT2D eigenvalue weighted by Gasteiger charge is -2.09. The van der Waals surface area contributed by atoms with Crippen LogP contribution >= 0.6 is 34.8 Å². The highest BCUT2D eigenvalue weighted by Crippen LogP contribution is 2.33. The Bertz CT molecular complexity index is 913. The van der Waals surface area contributed by atoms with Gasteiger partial charge in [0.2, 0.25) is 0 Å². The summed E-state index contributed by atoms with van der Waals surface area (Å²) < 4.78 is 5.36. The minimum atomic E-state index is -0.452. The summed E-state index contributed by atoms with van der Waals surface area (Å²) in [5.41, 5.74) is 1.81. The Balaban J connectivity index is 2.42. The fourth-order valence-electron chi connectivity index (χ4n) is 2.35. The topological polar surface area (TPSA) is 30.2 Å². The molecule has 0 aliphatic carbocycles. The lowest BCUT2D eigenvalue weighted by atomic mass is 10.00. The molecule has 2 aromatic carbocycles. The van der Waals surface area contributed by atoms with Gasteiger partial charge in [-0.15, -0.1) is 0 Å². The van der Waals surface area contributed by atoms with Crippen molar-refractivity contribution in [3.8, 4) is 11.1 Å². The molecule has 2 nitrogen and oxygen atoms in total. The van der Waals surface area contributed by atoms with Crippen LogP contribution in [0.25, 0.3) is 22.1 Å². The molecule has 0 bridgehead atoms. The van der Waals surface area contributed by atoms with Gasteiger partial charge >= 0.3 is 5.63 Å². The summed E-state index contributed by atoms with van der Waals surface area (Å²) in [6.45, 7) is 1.84. The summed E-state index contributed by atoms with van der Waals surface area (Å²) in [6.07, 6.45) is 0. The first-order valence-electron chi connectivity index (χ1n) is 6.16. The first kappa shape index (κ1) is 14.5. The van der Waals surface area contributed by atoms with E-state index in [1.165, 1.54) is 0 Å². The van der Waals surface area contributed by atoms with Gasteiger partial charge in [0.1, 0.15) is 0 Å². The monoisotopic (exact) mass is 338 g/mol. The molecular weight excluding hydrogens is 331 g/mol. The first-order chi connectivity index (χ1) is 9.97. The molecule has 106 valence electrons. The Morgan fingerprint density at radius 3 is 2.48 bits per heavy atom. The molecule has 3 aromatic rings. The number of aryl methyl sites for hydroxylation is 1. The second kappa shape index (κ2) is 5.38. The van der Waals surface area contributed by atoms with Crippen molar-refractivity contribution >= 4 is 45.8 Å². The maximum Gasteiger partial charge on any atom is 0.344 e. The van der Waals surface area contributed by atoms with Crippen molar-refractivity contribution in [3.63, 3.8) is 0 Å². The smallest absolute Gasteiger partial charge is 0.344 e. The molecule has 3 rings (SSSR count). The van der Waals surface area contributed by atoms with Crippen LogP contribution in [0.15, 0.2) is 45.6 Å². The molecule has 0 unspecified atom stereocenters. The van der Waals surface area contributed by atoms with Gasteiger partial charge in [0, 0.05) is 15.4 Å². The second-order valence-corrected chi connectivity index (χ2v) is 5.94. The molecule has 0 atom stereocenters. The number of benzene rings is 2. The highest BCUT2D eigenvalue weighted by molar-refractivity contribution is 6.38. The van der Waals surface area contributed by atoms with Crippen molar-refractivity contribution in [2.24, 2.45) is 0 Å². The zero-order chi connectivity index (χ0) is 15.1. The van der Waals surface area contributed by atoms with E-state index in [2.05, 4.69) is 0 Å². The minimum absolute atomic E-state index is 0.315. The fraction of sp³-hybridized carbons (Fsp3) is 0.0625. The van der Waals surface area contributed by atoms with Crippen LogP contribution in [0, 0.1) is 6.92 Å². The van der Waals surface area contributed by atoms with E-state index in [0.717, 1.165) is 5.56 Å². The number of rotatable bonds is 1. The van der Waals surface area contributed by atoms with Crippen LogP contribution in [0.3, 0.4) is 0 Å². The Hall–Kier alpha value is -1.48. The Labute approximate surface area is 135 Å². The van der Waals surface area contributed by atoms with Crippen LogP contribution in [-0.4, -0.2) is 0 Å². The van der Waals surface area contributed by atoms with Crippen molar-refractivity contribution in [2.45, 2.75) is 6.92 Å². The molecule has 0 amide bonds. The van der Waals surface area contributed by atoms with Crippen LogP contribution < -0.4 is 5.63 Å². The van der Waals surface area contributed by atoms with Gasteiger partial charge in [0.05, 0.1) is 10.6 Å². The Morgan fingerprint density at radius 2 is 1.76 bits per heavy atom. The lowest BCUT2D eigenvalue weighted by molar-refractivity contribution is 0.562. The fourth-order valence-corrected chi connectivity index (χ4v) is 3.07. The van der Waals surface area contributed by atoms with Crippen molar-refractivity contribution in [2.75, 3.05) is 0 Å². The van der Waals surface area contributed by atoms with Crippen LogP contribution in [0.2, 0.25) is 15.1 Å². The van der Waals surface area contributed by atoms with Crippen LogP contribution in [0.4, 0.5) is 0 Å². The van der Waals surface area contributed by atoms with Gasteiger partial charge in [-0.25, -0.2) is 4.79 Å². The molecule has 5 heteroatoms. The van der Waals surface area contributed by atoms with E-state index in [4.69, 9.17) is 39.2 Å². The van der Waals surface area contributed by atoms with Gasteiger partial charge in [-0.2, -0.15) is 0 Å². The number of hydrogen-bond donors (Lipinski definition) is 0. The van der Waals surface area contributed by atoms with Crippen molar-refractivity contribution in [1.29, 1.82) is 0 Å². The minimum Gasteiger partial charge on any atom is -0.421 e. The maximum atomic E-state index is 12.3. The van der Waals surface area contributed by atoms with Crippen LogP contribution in [-0.2, 0) is 0 Å². The van der Waals surface area contributed by atoms with E-state index in [1.807, 2.05) is 13.0 Å². The zero-order valence-corrected chi connectivity index (χ0v) is 13.2. The Kier molecular flexibility index (Phi) is 3.70. The van der Waals surface area contributed by atoms with Crippen LogP contribution in [0.1, 0.15) is 5.56 Å². The van der Waals surface area contributed by atoms with Gasteiger partial charge in [0.25, 0.3) is 0 Å². The summed E-state index contributed by atoms with van der Waals surface area (Å²) >= 11 is 18.1. The summed E-state index contributed by atoms with van der Waals surface area (Å²) in [7, 11) is 0. The summed E-state index contributed by atoms with van der Waals surface area (Å²) in [6, 6.07) is 10.3. The van der Waals surface area contributed by atoms with E-state index in [-0.39, 0.29) is 0 Å². The Morgan fingerprint density at radius 1 is 1.00 bits per heavy atom. The maximum absolute atomic E-state index is 12.3. The highest BCUT2D eigenvalue weighted by Gasteiger charge is 2.16. The standard InChI is InChI=1S/C16H9Cl3O2/c1-8-12-6-11(18)7-13(19)15(12)21-16(20)14(8)9-3-2-4-10(17)5-9/h2-7H,1H3. The molecule has 0 aliphatic rings. The van der Waals surface area contributed by atoms with Gasteiger partial charge in [-0.3, -0.25) is 0 Å². The summed E-state index contributed by atoms with van der Waals surface area (Å²) in [4.78, 5) is 12.3. The lowest BCUT2D eigenvalue weighted by Crippen LogP contribution is -2.06. The van der Waals surface area contributed by atoms with Crippen molar-refractivity contribution in [3.05, 3.63) is 67.4 Å². The summed E-state index contributed by atoms with van der Waals surface area (Å²) in [5.74, 6) is 0. The molecule has 0 N–H and O–H groups in total. The van der Waals surface area contributed by atoms with E-state index in [1.54, 1.807) is 30.3 Å². The average molecular weight is 340 g/mol. The number of halogens is 3. The van der Waals surface area contributed by atoms with Crippen LogP contribution in [0.5, 0.6) is 0 Å². The van der Waals surface area contributed by atoms with Gasteiger partial charge in [-0.05, 0) is 42.3 Å². The van der Waals surface area contributed by atoms with E-state index < -0.39 is 5.63 Å². The number of fused-ring (bicyclic) bond motifs is 1. The average Bonchev–Trinajstić information content (AvgIpc) is 2.40. The van der Waals surface area contributed by atoms with Gasteiger partial charge in [-0.1, -0.05) is 46.9 Å². The largest absolute Gasteiger partial charge is 0.421 e. The molecule has 0 radical (unpaired) electrons. The highest BCUT2D eigenvalue weighted by atomic mass is 35.5. The summed E-state index contributed by atoms with van der Waals surface area (Å²) in [5, 5.41) is 2.06. The molecular formula is C16H9Cl3O2. The third-order valence-electron chi connectivity index (χ3n) is 3.30. The zero-order valence-electron chi connectivity index (χ0n) is 10.9. The number of hydrogen-bond acceptors (Lipinski definition) is 2. The third-order valence-corrected chi connectivity index (χ3v) is 4.03. The molecule has 21 heavy (non-hydrogen) atoms. The normalized spacial score (nSPS) is 11.0. The molecule has 0 spiro atoms. The van der Waals surface area contributed by atoms with E-state index in [9.17, 15) is 4.79 Å². The second-order valence-electron chi connectivity index (χ2n) is 4.66. The molecule has 1 aromatic heterocycles. The van der Waals surface area contributed by atoms with Crippen molar-refractivity contribution < 1.29 is 4.42 Å². The SMILES string of the molecule is Cc1c(-c2cccc(Cl)c2)c(=O)oc2c(Cl)cc(Cl)cc12. The quantitative estimate of drug-likeness (QED) is 0.530. The molecule has 0 fully saturated rings. The molecule has 0 aliphatic heterocycles. The first-order valence-corrected chi connectivity index (χ1v) is 7.29. The van der Waals surface area contributed by atoms with Gasteiger partial charge in [0.15, 0.2) is 5.58 Å². The predicted molar refractivity (Wildman–Crippen MR) is 87.7 cm³/mol. The molecule has 1 heterocycles.